The van der Waals surface area contributed by atoms with Gasteiger partial charge in [-0.15, -0.1) is 0 Å². The summed E-state index contributed by atoms with van der Waals surface area (Å²) in [5, 5.41) is 2.91. The van der Waals surface area contributed by atoms with E-state index < -0.39 is 10.0 Å². The molecule has 7 heteroatoms. The van der Waals surface area contributed by atoms with E-state index in [1.54, 1.807) is 12.1 Å². The molecule has 0 saturated carbocycles. The average Bonchev–Trinajstić information content (AvgIpc) is 2.47. The van der Waals surface area contributed by atoms with E-state index in [9.17, 15) is 17.6 Å². The molecule has 0 radical (unpaired) electrons. The summed E-state index contributed by atoms with van der Waals surface area (Å²) in [6.45, 7) is 2.60. The van der Waals surface area contributed by atoms with E-state index in [0.717, 1.165) is 5.56 Å². The van der Waals surface area contributed by atoms with E-state index in [2.05, 4.69) is 5.32 Å². The third-order valence-electron chi connectivity index (χ3n) is 4.02. The zero-order chi connectivity index (χ0) is 16.3. The maximum atomic E-state index is 12.9. The van der Waals surface area contributed by atoms with Gasteiger partial charge < -0.3 is 5.32 Å². The molecule has 1 fully saturated rings. The summed E-state index contributed by atoms with van der Waals surface area (Å²) >= 11 is 0. The number of nitrogens with zero attached hydrogens (tertiary/aromatic N) is 1. The Hall–Kier alpha value is -1.47. The molecule has 1 aliphatic rings. The molecule has 1 heterocycles. The number of amides is 1. The van der Waals surface area contributed by atoms with Crippen LogP contribution in [0, 0.1) is 11.7 Å². The predicted molar refractivity (Wildman–Crippen MR) is 82.1 cm³/mol. The van der Waals surface area contributed by atoms with Gasteiger partial charge in [-0.1, -0.05) is 12.1 Å². The standard InChI is InChI=1S/C15H21FN2O3S/c1-11(12-3-5-14(16)6-4-12)17-15(19)13-7-9-18(10-8-13)22(2,20)21/h3-6,11,13H,7-10H2,1-2H3,(H,17,19)/t11-/m0/s1. The van der Waals surface area contributed by atoms with Crippen LogP contribution in [-0.2, 0) is 14.8 Å². The third-order valence-corrected chi connectivity index (χ3v) is 5.33. The van der Waals surface area contributed by atoms with Crippen molar-refractivity contribution in [2.75, 3.05) is 19.3 Å². The Labute approximate surface area is 130 Å². The van der Waals surface area contributed by atoms with Crippen LogP contribution >= 0.6 is 0 Å². The van der Waals surface area contributed by atoms with E-state index in [1.807, 2.05) is 6.92 Å². The van der Waals surface area contributed by atoms with E-state index in [0.29, 0.717) is 25.9 Å². The normalized spacial score (nSPS) is 18.9. The minimum Gasteiger partial charge on any atom is -0.349 e. The van der Waals surface area contributed by atoms with Gasteiger partial charge in [0.15, 0.2) is 0 Å². The molecule has 0 bridgehead atoms. The molecule has 0 spiro atoms. The van der Waals surface area contributed by atoms with Gasteiger partial charge in [0.25, 0.3) is 0 Å². The Morgan fingerprint density at radius 3 is 2.32 bits per heavy atom. The Bertz CT molecular complexity index is 623. The first kappa shape index (κ1) is 16.9. The number of nitrogens with one attached hydrogen (secondary N) is 1. The van der Waals surface area contributed by atoms with Crippen LogP contribution in [0.2, 0.25) is 0 Å². The lowest BCUT2D eigenvalue weighted by molar-refractivity contribution is -0.126. The molecular weight excluding hydrogens is 307 g/mol. The second-order valence-corrected chi connectivity index (χ2v) is 7.70. The van der Waals surface area contributed by atoms with Crippen LogP contribution in [0.5, 0.6) is 0 Å². The van der Waals surface area contributed by atoms with Crippen molar-refractivity contribution in [1.82, 2.24) is 9.62 Å². The van der Waals surface area contributed by atoms with E-state index in [1.165, 1.54) is 22.7 Å². The Morgan fingerprint density at radius 1 is 1.27 bits per heavy atom. The monoisotopic (exact) mass is 328 g/mol. The van der Waals surface area contributed by atoms with Gasteiger partial charge in [-0.3, -0.25) is 4.79 Å². The van der Waals surface area contributed by atoms with Crippen molar-refractivity contribution in [3.8, 4) is 0 Å². The molecule has 1 atom stereocenters. The summed E-state index contributed by atoms with van der Waals surface area (Å²) in [6.07, 6.45) is 2.23. The number of halogens is 1. The lowest BCUT2D eigenvalue weighted by Crippen LogP contribution is -2.43. The van der Waals surface area contributed by atoms with Crippen LogP contribution in [0.25, 0.3) is 0 Å². The Morgan fingerprint density at radius 2 is 1.82 bits per heavy atom. The summed E-state index contributed by atoms with van der Waals surface area (Å²) in [5.74, 6) is -0.568. The first-order valence-corrected chi connectivity index (χ1v) is 9.13. The Kier molecular flexibility index (Phi) is 5.18. The van der Waals surface area contributed by atoms with Crippen molar-refractivity contribution in [2.45, 2.75) is 25.8 Å². The molecule has 1 aliphatic heterocycles. The van der Waals surface area contributed by atoms with Crippen molar-refractivity contribution in [3.05, 3.63) is 35.6 Å². The zero-order valence-corrected chi connectivity index (χ0v) is 13.6. The first-order chi connectivity index (χ1) is 10.3. The molecule has 1 aromatic rings. The van der Waals surface area contributed by atoms with Gasteiger partial charge in [-0.2, -0.15) is 0 Å². The van der Waals surface area contributed by atoms with Gasteiger partial charge in [0, 0.05) is 19.0 Å². The quantitative estimate of drug-likeness (QED) is 0.914. The molecule has 2 rings (SSSR count). The number of carbonyl (C=O) groups is 1. The number of sulfonamides is 1. The van der Waals surface area contributed by atoms with Crippen LogP contribution in [0.3, 0.4) is 0 Å². The predicted octanol–water partition coefficient (Wildman–Crippen LogP) is 1.67. The number of hydrogen-bond acceptors (Lipinski definition) is 3. The minimum atomic E-state index is -3.18. The highest BCUT2D eigenvalue weighted by molar-refractivity contribution is 7.88. The maximum absolute atomic E-state index is 12.9. The molecular formula is C15H21FN2O3S. The van der Waals surface area contributed by atoms with E-state index in [-0.39, 0.29) is 23.7 Å². The highest BCUT2D eigenvalue weighted by Gasteiger charge is 2.29. The van der Waals surface area contributed by atoms with Crippen LogP contribution in [-0.4, -0.2) is 38.0 Å². The summed E-state index contributed by atoms with van der Waals surface area (Å²) < 4.78 is 37.2. The van der Waals surface area contributed by atoms with Crippen molar-refractivity contribution < 1.29 is 17.6 Å². The molecule has 122 valence electrons. The van der Waals surface area contributed by atoms with E-state index in [4.69, 9.17) is 0 Å². The molecule has 22 heavy (non-hydrogen) atoms. The number of carbonyl (C=O) groups excluding carboxylic acids is 1. The van der Waals surface area contributed by atoms with Crippen LogP contribution in [0.15, 0.2) is 24.3 Å². The number of benzene rings is 1. The fourth-order valence-corrected chi connectivity index (χ4v) is 3.49. The highest BCUT2D eigenvalue weighted by atomic mass is 32.2. The fraction of sp³-hybridized carbons (Fsp3) is 0.533. The maximum Gasteiger partial charge on any atom is 0.223 e. The molecule has 5 nitrogen and oxygen atoms in total. The van der Waals surface area contributed by atoms with E-state index >= 15 is 0 Å². The molecule has 1 saturated heterocycles. The minimum absolute atomic E-state index is 0.0787. The molecule has 1 aromatic carbocycles. The van der Waals surface area contributed by atoms with Crippen LogP contribution in [0.4, 0.5) is 4.39 Å². The lowest BCUT2D eigenvalue weighted by atomic mass is 9.96. The van der Waals surface area contributed by atoms with Gasteiger partial charge in [-0.25, -0.2) is 17.1 Å². The van der Waals surface area contributed by atoms with Crippen LogP contribution in [0.1, 0.15) is 31.4 Å². The second kappa shape index (κ2) is 6.75. The summed E-state index contributed by atoms with van der Waals surface area (Å²) in [6, 6.07) is 5.81. The SMILES string of the molecule is C[C@H](NC(=O)C1CCN(S(C)(=O)=O)CC1)c1ccc(F)cc1. The molecule has 1 amide bonds. The van der Waals surface area contributed by atoms with Crippen molar-refractivity contribution in [1.29, 1.82) is 0 Å². The molecule has 0 aromatic heterocycles. The number of piperidine rings is 1. The van der Waals surface area contributed by atoms with Crippen molar-refractivity contribution in [3.63, 3.8) is 0 Å². The lowest BCUT2D eigenvalue weighted by Gasteiger charge is -2.30. The second-order valence-electron chi connectivity index (χ2n) is 5.72. The molecule has 0 aliphatic carbocycles. The fourth-order valence-electron chi connectivity index (χ4n) is 2.62. The smallest absolute Gasteiger partial charge is 0.223 e. The third kappa shape index (κ3) is 4.27. The van der Waals surface area contributed by atoms with Gasteiger partial charge in [0.2, 0.25) is 15.9 Å². The summed E-state index contributed by atoms with van der Waals surface area (Å²) in [5.41, 5.74) is 0.836. The van der Waals surface area contributed by atoms with Crippen molar-refractivity contribution >= 4 is 15.9 Å². The highest BCUT2D eigenvalue weighted by Crippen LogP contribution is 2.21. The molecule has 1 N–H and O–H groups in total. The van der Waals surface area contributed by atoms with Gasteiger partial charge >= 0.3 is 0 Å². The number of rotatable bonds is 4. The van der Waals surface area contributed by atoms with Crippen molar-refractivity contribution in [2.24, 2.45) is 5.92 Å². The summed E-state index contributed by atoms with van der Waals surface area (Å²) in [4.78, 5) is 12.3. The molecule has 0 unspecified atom stereocenters. The van der Waals surface area contributed by atoms with Crippen LogP contribution < -0.4 is 5.32 Å². The summed E-state index contributed by atoms with van der Waals surface area (Å²) in [7, 11) is -3.18. The average molecular weight is 328 g/mol. The first-order valence-electron chi connectivity index (χ1n) is 7.28. The van der Waals surface area contributed by atoms with Gasteiger partial charge in [0.1, 0.15) is 5.82 Å². The van der Waals surface area contributed by atoms with Gasteiger partial charge in [-0.05, 0) is 37.5 Å². The topological polar surface area (TPSA) is 66.5 Å². The van der Waals surface area contributed by atoms with Gasteiger partial charge in [0.05, 0.1) is 12.3 Å². The Balaban J connectivity index is 1.89. The zero-order valence-electron chi connectivity index (χ0n) is 12.8. The number of hydrogen-bond donors (Lipinski definition) is 1. The largest absolute Gasteiger partial charge is 0.349 e.